The Hall–Kier alpha value is -2.26. The summed E-state index contributed by atoms with van der Waals surface area (Å²) in [5, 5.41) is 6.91. The number of hydrogen-bond acceptors (Lipinski definition) is 7. The van der Waals surface area contributed by atoms with E-state index in [1.165, 1.54) is 4.90 Å². The lowest BCUT2D eigenvalue weighted by Crippen LogP contribution is -2.43. The first-order valence-electron chi connectivity index (χ1n) is 8.69. The molecule has 0 saturated carbocycles. The van der Waals surface area contributed by atoms with Crippen molar-refractivity contribution in [1.82, 2.24) is 15.1 Å². The van der Waals surface area contributed by atoms with E-state index in [1.54, 1.807) is 0 Å². The number of hydrogen-bond donors (Lipinski definition) is 0. The third kappa shape index (κ3) is 4.54. The van der Waals surface area contributed by atoms with Gasteiger partial charge in [-0.1, -0.05) is 38.0 Å². The summed E-state index contributed by atoms with van der Waals surface area (Å²) in [6.45, 7) is 7.87. The van der Waals surface area contributed by atoms with Gasteiger partial charge in [-0.25, -0.2) is 8.42 Å². The van der Waals surface area contributed by atoms with Gasteiger partial charge in [0.05, 0.1) is 13.2 Å². The molecule has 146 valence electrons. The molecule has 2 heterocycles. The lowest BCUT2D eigenvalue weighted by atomic mass is 9.87. The number of morpholine rings is 1. The fourth-order valence-corrected chi connectivity index (χ4v) is 3.70. The molecule has 2 aromatic rings. The number of nitrogens with zero attached hydrogens (tertiary/aromatic N) is 3. The van der Waals surface area contributed by atoms with Gasteiger partial charge < -0.3 is 14.1 Å². The molecule has 3 rings (SSSR count). The smallest absolute Gasteiger partial charge is 0.336 e. The van der Waals surface area contributed by atoms with E-state index in [9.17, 15) is 13.2 Å². The van der Waals surface area contributed by atoms with E-state index in [0.717, 1.165) is 5.56 Å². The molecule has 8 nitrogen and oxygen atoms in total. The van der Waals surface area contributed by atoms with Crippen molar-refractivity contribution >= 4 is 15.7 Å². The molecule has 0 radical (unpaired) electrons. The van der Waals surface area contributed by atoms with Crippen LogP contribution in [0.4, 0.5) is 0 Å². The van der Waals surface area contributed by atoms with Crippen LogP contribution in [0.25, 0.3) is 11.5 Å². The summed E-state index contributed by atoms with van der Waals surface area (Å²) < 4.78 is 35.4. The number of amides is 1. The molecule has 0 unspecified atom stereocenters. The van der Waals surface area contributed by atoms with Gasteiger partial charge in [0.1, 0.15) is 5.75 Å². The number of carbonyl (C=O) groups is 1. The summed E-state index contributed by atoms with van der Waals surface area (Å²) in [4.78, 5) is 13.7. The predicted molar refractivity (Wildman–Crippen MR) is 97.9 cm³/mol. The van der Waals surface area contributed by atoms with Crippen LogP contribution < -0.4 is 0 Å². The lowest BCUT2D eigenvalue weighted by molar-refractivity contribution is -0.132. The molecule has 1 saturated heterocycles. The van der Waals surface area contributed by atoms with Crippen LogP contribution in [0.1, 0.15) is 26.3 Å². The summed E-state index contributed by atoms with van der Waals surface area (Å²) in [5.41, 5.74) is 1.76. The molecule has 9 heteroatoms. The highest BCUT2D eigenvalue weighted by Crippen LogP contribution is 2.26. The third-order valence-electron chi connectivity index (χ3n) is 4.35. The number of carbonyl (C=O) groups excluding carboxylic acids is 1. The number of benzene rings is 1. The van der Waals surface area contributed by atoms with Crippen molar-refractivity contribution in [3.05, 3.63) is 29.8 Å². The first-order chi connectivity index (χ1) is 12.7. The highest BCUT2D eigenvalue weighted by atomic mass is 32.2. The molecule has 1 fully saturated rings. The van der Waals surface area contributed by atoms with Crippen LogP contribution in [0.5, 0.6) is 0 Å². The number of aromatic nitrogens is 2. The maximum absolute atomic E-state index is 12.4. The van der Waals surface area contributed by atoms with Gasteiger partial charge in [0.25, 0.3) is 0 Å². The highest BCUT2D eigenvalue weighted by molar-refractivity contribution is 7.91. The molecule has 0 aliphatic carbocycles. The van der Waals surface area contributed by atoms with Gasteiger partial charge >= 0.3 is 5.22 Å². The van der Waals surface area contributed by atoms with Crippen molar-refractivity contribution in [2.24, 2.45) is 0 Å². The first-order valence-corrected chi connectivity index (χ1v) is 10.3. The van der Waals surface area contributed by atoms with Crippen molar-refractivity contribution in [2.75, 3.05) is 32.1 Å². The Balaban J connectivity index is 1.75. The molecule has 0 spiro atoms. The molecule has 0 atom stereocenters. The quantitative estimate of drug-likeness (QED) is 0.778. The Morgan fingerprint density at radius 3 is 2.33 bits per heavy atom. The number of ether oxygens (including phenoxy) is 1. The average Bonchev–Trinajstić information content (AvgIpc) is 3.13. The Labute approximate surface area is 158 Å². The molecule has 0 bridgehead atoms. The monoisotopic (exact) mass is 393 g/mol. The minimum absolute atomic E-state index is 0.00171. The molecule has 1 aliphatic heterocycles. The zero-order valence-electron chi connectivity index (χ0n) is 15.6. The minimum Gasteiger partial charge on any atom is -0.408 e. The molecule has 1 amide bonds. The SMILES string of the molecule is CC(C)(C)c1ccc(-c2nnc(S(=O)(=O)CC(=O)N3CCOCC3)o2)cc1. The van der Waals surface area contributed by atoms with Gasteiger partial charge in [-0.3, -0.25) is 4.79 Å². The maximum atomic E-state index is 12.4. The summed E-state index contributed by atoms with van der Waals surface area (Å²) >= 11 is 0. The van der Waals surface area contributed by atoms with Gasteiger partial charge in [-0.05, 0) is 23.1 Å². The van der Waals surface area contributed by atoms with Crippen LogP contribution in [-0.4, -0.2) is 61.5 Å². The standard InChI is InChI=1S/C18H23N3O5S/c1-18(2,3)14-6-4-13(5-7-14)16-19-20-17(26-16)27(23,24)12-15(22)21-8-10-25-11-9-21/h4-7H,8-12H2,1-3H3. The first kappa shape index (κ1) is 19.5. The van der Waals surface area contributed by atoms with Crippen LogP contribution in [0.15, 0.2) is 33.9 Å². The van der Waals surface area contributed by atoms with E-state index in [0.29, 0.717) is 31.9 Å². The van der Waals surface area contributed by atoms with Crippen LogP contribution in [0, 0.1) is 0 Å². The number of rotatable bonds is 4. The summed E-state index contributed by atoms with van der Waals surface area (Å²) in [6.07, 6.45) is 0. The topological polar surface area (TPSA) is 103 Å². The second kappa shape index (κ2) is 7.40. The zero-order chi connectivity index (χ0) is 19.7. The van der Waals surface area contributed by atoms with Crippen molar-refractivity contribution < 1.29 is 22.4 Å². The normalized spacial score (nSPS) is 15.7. The van der Waals surface area contributed by atoms with Gasteiger partial charge in [0.2, 0.25) is 21.6 Å². The van der Waals surface area contributed by atoms with Crippen molar-refractivity contribution in [2.45, 2.75) is 31.4 Å². The second-order valence-electron chi connectivity index (χ2n) is 7.45. The van der Waals surface area contributed by atoms with E-state index in [-0.39, 0.29) is 11.3 Å². The van der Waals surface area contributed by atoms with Crippen LogP contribution in [0.2, 0.25) is 0 Å². The lowest BCUT2D eigenvalue weighted by Gasteiger charge is -2.26. The fourth-order valence-electron chi connectivity index (χ4n) is 2.69. The van der Waals surface area contributed by atoms with E-state index in [1.807, 2.05) is 24.3 Å². The van der Waals surface area contributed by atoms with Gasteiger partial charge in [-0.2, -0.15) is 0 Å². The molecule has 0 N–H and O–H groups in total. The van der Waals surface area contributed by atoms with Gasteiger partial charge in [0, 0.05) is 18.7 Å². The molecular weight excluding hydrogens is 370 g/mol. The van der Waals surface area contributed by atoms with Gasteiger partial charge in [0.15, 0.2) is 0 Å². The van der Waals surface area contributed by atoms with Crippen LogP contribution in [0.3, 0.4) is 0 Å². The summed E-state index contributed by atoms with van der Waals surface area (Å²) in [7, 11) is -4.00. The predicted octanol–water partition coefficient (Wildman–Crippen LogP) is 1.67. The minimum atomic E-state index is -4.00. The van der Waals surface area contributed by atoms with Crippen molar-refractivity contribution in [1.29, 1.82) is 0 Å². The summed E-state index contributed by atoms with van der Waals surface area (Å²) in [6, 6.07) is 7.50. The Bertz CT molecular complexity index is 907. The second-order valence-corrected chi connectivity index (χ2v) is 9.32. The molecule has 1 aromatic heterocycles. The van der Waals surface area contributed by atoms with E-state index in [4.69, 9.17) is 9.15 Å². The van der Waals surface area contributed by atoms with Crippen LogP contribution >= 0.6 is 0 Å². The molecule has 1 aliphatic rings. The maximum Gasteiger partial charge on any atom is 0.336 e. The fraction of sp³-hybridized carbons (Fsp3) is 0.500. The van der Waals surface area contributed by atoms with E-state index in [2.05, 4.69) is 31.0 Å². The van der Waals surface area contributed by atoms with Crippen molar-refractivity contribution in [3.8, 4) is 11.5 Å². The Morgan fingerprint density at radius 1 is 1.11 bits per heavy atom. The van der Waals surface area contributed by atoms with Gasteiger partial charge in [-0.15, -0.1) is 5.10 Å². The molecule has 1 aromatic carbocycles. The highest BCUT2D eigenvalue weighted by Gasteiger charge is 2.29. The Kier molecular flexibility index (Phi) is 5.34. The largest absolute Gasteiger partial charge is 0.408 e. The molecule has 27 heavy (non-hydrogen) atoms. The van der Waals surface area contributed by atoms with E-state index < -0.39 is 26.7 Å². The third-order valence-corrected chi connectivity index (χ3v) is 5.67. The number of sulfone groups is 1. The van der Waals surface area contributed by atoms with E-state index >= 15 is 0 Å². The average molecular weight is 393 g/mol. The Morgan fingerprint density at radius 2 is 1.74 bits per heavy atom. The van der Waals surface area contributed by atoms with Crippen LogP contribution in [-0.2, 0) is 24.8 Å². The molecular formula is C18H23N3O5S. The van der Waals surface area contributed by atoms with Crippen molar-refractivity contribution in [3.63, 3.8) is 0 Å². The summed E-state index contributed by atoms with van der Waals surface area (Å²) in [5.74, 6) is -1.09. The zero-order valence-corrected chi connectivity index (χ0v) is 16.5.